The van der Waals surface area contributed by atoms with E-state index in [9.17, 15) is 18.0 Å². The van der Waals surface area contributed by atoms with Gasteiger partial charge >= 0.3 is 0 Å². The molecule has 0 aromatic heterocycles. The van der Waals surface area contributed by atoms with Gasteiger partial charge in [0.1, 0.15) is 16.9 Å². The van der Waals surface area contributed by atoms with Crippen LogP contribution >= 0.6 is 0 Å². The first-order chi connectivity index (χ1) is 12.5. The molecule has 1 atom stereocenters. The Morgan fingerprint density at radius 2 is 1.89 bits per heavy atom. The van der Waals surface area contributed by atoms with E-state index >= 15 is 0 Å². The largest absolute Gasteiger partial charge is 0.497 e. The van der Waals surface area contributed by atoms with Crippen LogP contribution in [0.4, 0.5) is 5.69 Å². The summed E-state index contributed by atoms with van der Waals surface area (Å²) < 4.78 is 33.8. The summed E-state index contributed by atoms with van der Waals surface area (Å²) in [6, 6.07) is 4.53. The molecule has 8 nitrogen and oxygen atoms in total. The summed E-state index contributed by atoms with van der Waals surface area (Å²) in [5.41, 5.74) is -1.01. The maximum Gasteiger partial charge on any atom is 0.239 e. The molecule has 2 amide bonds. The minimum atomic E-state index is -3.13. The van der Waals surface area contributed by atoms with Crippen molar-refractivity contribution in [2.45, 2.75) is 26.3 Å². The smallest absolute Gasteiger partial charge is 0.239 e. The molecule has 27 heavy (non-hydrogen) atoms. The first-order valence-corrected chi connectivity index (χ1v) is 10.3. The van der Waals surface area contributed by atoms with Crippen molar-refractivity contribution in [3.63, 3.8) is 0 Å². The quantitative estimate of drug-likeness (QED) is 0.725. The Hall–Kier alpha value is -2.29. The molecule has 1 aliphatic rings. The summed E-state index contributed by atoms with van der Waals surface area (Å²) in [6.07, 6.45) is 0.381. The number of carbonyl (C=O) groups excluding carboxylic acids is 2. The van der Waals surface area contributed by atoms with E-state index in [-0.39, 0.29) is 11.5 Å². The second-order valence-electron chi connectivity index (χ2n) is 7.12. The van der Waals surface area contributed by atoms with Crippen LogP contribution in [0.25, 0.3) is 0 Å². The molecule has 0 aliphatic carbocycles. The van der Waals surface area contributed by atoms with E-state index in [1.54, 1.807) is 18.2 Å². The van der Waals surface area contributed by atoms with Gasteiger partial charge in [-0.2, -0.15) is 0 Å². The number of nitrogens with zero attached hydrogens (tertiary/aromatic N) is 1. The van der Waals surface area contributed by atoms with Crippen LogP contribution in [0.5, 0.6) is 11.5 Å². The number of nitrogens with one attached hydrogen (secondary N) is 1. The molecule has 0 bridgehead atoms. The molecular formula is C18H26N2O6S. The van der Waals surface area contributed by atoms with Gasteiger partial charge in [-0.05, 0) is 32.4 Å². The molecule has 1 saturated heterocycles. The first kappa shape index (κ1) is 21.0. The summed E-state index contributed by atoms with van der Waals surface area (Å²) in [7, 11) is 1.39. The molecule has 0 saturated carbocycles. The van der Waals surface area contributed by atoms with Crippen molar-refractivity contribution >= 4 is 27.3 Å². The highest BCUT2D eigenvalue weighted by Crippen LogP contribution is 2.31. The van der Waals surface area contributed by atoms with E-state index in [1.165, 1.54) is 40.0 Å². The number of benzene rings is 1. The normalized spacial score (nSPS) is 18.6. The molecule has 9 heteroatoms. The number of anilines is 1. The highest BCUT2D eigenvalue weighted by molar-refractivity contribution is 7.91. The summed E-state index contributed by atoms with van der Waals surface area (Å²) in [5, 5.41) is 2.71. The Bertz CT molecular complexity index is 834. The molecule has 1 fully saturated rings. The minimum Gasteiger partial charge on any atom is -0.497 e. The molecule has 0 radical (unpaired) electrons. The lowest BCUT2D eigenvalue weighted by atomic mass is 9.89. The Labute approximate surface area is 159 Å². The summed E-state index contributed by atoms with van der Waals surface area (Å²) in [5.74, 6) is -0.0126. The van der Waals surface area contributed by atoms with E-state index in [0.29, 0.717) is 23.6 Å². The monoisotopic (exact) mass is 398 g/mol. The molecule has 1 heterocycles. The third-order valence-corrected chi connectivity index (χ3v) is 6.58. The van der Waals surface area contributed by atoms with Gasteiger partial charge in [-0.25, -0.2) is 8.42 Å². The second-order valence-corrected chi connectivity index (χ2v) is 9.35. The fraction of sp³-hybridized carbons (Fsp3) is 0.556. The third-order valence-electron chi connectivity index (χ3n) is 4.83. The molecule has 1 aromatic carbocycles. The van der Waals surface area contributed by atoms with Crippen molar-refractivity contribution in [3.05, 3.63) is 18.2 Å². The van der Waals surface area contributed by atoms with Crippen molar-refractivity contribution in [1.82, 2.24) is 4.90 Å². The highest BCUT2D eigenvalue weighted by atomic mass is 32.2. The van der Waals surface area contributed by atoms with Gasteiger partial charge in [0.15, 0.2) is 9.84 Å². The Balaban J connectivity index is 2.18. The topological polar surface area (TPSA) is 102 Å². The number of hydrogen-bond donors (Lipinski definition) is 1. The van der Waals surface area contributed by atoms with Crippen LogP contribution in [0, 0.1) is 5.41 Å². The van der Waals surface area contributed by atoms with Gasteiger partial charge < -0.3 is 19.7 Å². The maximum atomic E-state index is 12.9. The van der Waals surface area contributed by atoms with Crippen LogP contribution in [-0.2, 0) is 19.4 Å². The third kappa shape index (κ3) is 4.52. The number of rotatable bonds is 6. The van der Waals surface area contributed by atoms with Crippen LogP contribution in [0.15, 0.2) is 18.2 Å². The van der Waals surface area contributed by atoms with Crippen molar-refractivity contribution in [3.8, 4) is 11.5 Å². The Morgan fingerprint density at radius 3 is 2.41 bits per heavy atom. The lowest BCUT2D eigenvalue weighted by Gasteiger charge is -2.31. The van der Waals surface area contributed by atoms with Crippen LogP contribution < -0.4 is 14.8 Å². The van der Waals surface area contributed by atoms with Gasteiger partial charge in [-0.1, -0.05) is 0 Å². The number of ether oxygens (including phenoxy) is 2. The van der Waals surface area contributed by atoms with Crippen molar-refractivity contribution in [2.75, 3.05) is 38.1 Å². The summed E-state index contributed by atoms with van der Waals surface area (Å²) in [6.45, 7) is 3.02. The Kier molecular flexibility index (Phi) is 6.04. The van der Waals surface area contributed by atoms with Gasteiger partial charge in [0.25, 0.3) is 0 Å². The SMILES string of the molecule is COc1ccc(OC)c(NC(=O)C(C)(C)C(=O)N(C)C2CCS(=O)(=O)C2)c1. The molecule has 1 unspecified atom stereocenters. The van der Waals surface area contributed by atoms with Crippen LogP contribution in [-0.4, -0.2) is 63.9 Å². The van der Waals surface area contributed by atoms with Gasteiger partial charge in [0, 0.05) is 19.2 Å². The second kappa shape index (κ2) is 7.75. The first-order valence-electron chi connectivity index (χ1n) is 8.53. The standard InChI is InChI=1S/C18H26N2O6S/c1-18(2,17(22)20(3)12-8-9-27(23,24)11-12)16(21)19-14-10-13(25-4)6-7-15(14)26-5/h6-7,10,12H,8-9,11H2,1-5H3,(H,19,21). The average Bonchev–Trinajstić information content (AvgIpc) is 2.99. The van der Waals surface area contributed by atoms with E-state index in [4.69, 9.17) is 9.47 Å². The van der Waals surface area contributed by atoms with Gasteiger partial charge in [0.2, 0.25) is 11.8 Å². The van der Waals surface area contributed by atoms with Crippen molar-refractivity contribution < 1.29 is 27.5 Å². The number of sulfone groups is 1. The van der Waals surface area contributed by atoms with Crippen LogP contribution in [0.2, 0.25) is 0 Å². The van der Waals surface area contributed by atoms with Gasteiger partial charge in [-0.3, -0.25) is 9.59 Å². The van der Waals surface area contributed by atoms with Crippen molar-refractivity contribution in [2.24, 2.45) is 5.41 Å². The van der Waals surface area contributed by atoms with Gasteiger partial charge in [-0.15, -0.1) is 0 Å². The zero-order valence-electron chi connectivity index (χ0n) is 16.2. The summed E-state index contributed by atoms with van der Waals surface area (Å²) in [4.78, 5) is 27.1. The Morgan fingerprint density at radius 1 is 1.22 bits per heavy atom. The molecular weight excluding hydrogens is 372 g/mol. The highest BCUT2D eigenvalue weighted by Gasteiger charge is 2.42. The fourth-order valence-electron chi connectivity index (χ4n) is 2.97. The average molecular weight is 398 g/mol. The zero-order valence-corrected chi connectivity index (χ0v) is 17.1. The lowest BCUT2D eigenvalue weighted by Crippen LogP contribution is -2.49. The number of hydrogen-bond acceptors (Lipinski definition) is 6. The molecule has 0 spiro atoms. The van der Waals surface area contributed by atoms with E-state index in [2.05, 4.69) is 5.32 Å². The predicted molar refractivity (Wildman–Crippen MR) is 102 cm³/mol. The number of amides is 2. The van der Waals surface area contributed by atoms with E-state index in [1.807, 2.05) is 0 Å². The van der Waals surface area contributed by atoms with Gasteiger partial charge in [0.05, 0.1) is 31.4 Å². The molecule has 150 valence electrons. The fourth-order valence-corrected chi connectivity index (χ4v) is 4.75. The van der Waals surface area contributed by atoms with Crippen LogP contribution in [0.1, 0.15) is 20.3 Å². The summed E-state index contributed by atoms with van der Waals surface area (Å²) >= 11 is 0. The minimum absolute atomic E-state index is 0.0585. The predicted octanol–water partition coefficient (Wildman–Crippen LogP) is 1.31. The molecule has 1 aliphatic heterocycles. The van der Waals surface area contributed by atoms with E-state index < -0.39 is 33.1 Å². The van der Waals surface area contributed by atoms with Crippen molar-refractivity contribution in [1.29, 1.82) is 0 Å². The zero-order chi connectivity index (χ0) is 20.4. The molecule has 1 aromatic rings. The van der Waals surface area contributed by atoms with Crippen LogP contribution in [0.3, 0.4) is 0 Å². The molecule has 1 N–H and O–H groups in total. The number of carbonyl (C=O) groups is 2. The van der Waals surface area contributed by atoms with E-state index in [0.717, 1.165) is 0 Å². The molecule has 2 rings (SSSR count). The number of methoxy groups -OCH3 is 2. The maximum absolute atomic E-state index is 12.9. The lowest BCUT2D eigenvalue weighted by molar-refractivity contribution is -0.146.